The summed E-state index contributed by atoms with van der Waals surface area (Å²) in [6, 6.07) is 6.87. The number of likely N-dealkylation sites (N-methyl/N-ethyl adjacent to an activating group) is 1. The van der Waals surface area contributed by atoms with Gasteiger partial charge in [-0.15, -0.1) is 0 Å². The number of hydrogen-bond acceptors (Lipinski definition) is 4. The summed E-state index contributed by atoms with van der Waals surface area (Å²) in [7, 11) is 1.49. The smallest absolute Gasteiger partial charge is 0.340 e. The number of rotatable bonds is 4. The third kappa shape index (κ3) is 2.54. The first-order valence-electron chi connectivity index (χ1n) is 6.04. The molecule has 1 unspecified atom stereocenters. The summed E-state index contributed by atoms with van der Waals surface area (Å²) in [5, 5.41) is 12.3. The van der Waals surface area contributed by atoms with Crippen LogP contribution in [0.5, 0.6) is 5.75 Å². The van der Waals surface area contributed by atoms with Crippen molar-refractivity contribution in [2.45, 2.75) is 13.0 Å². The first-order chi connectivity index (χ1) is 9.54. The van der Waals surface area contributed by atoms with Gasteiger partial charge in [-0.25, -0.2) is 4.79 Å². The molecule has 0 saturated carbocycles. The van der Waals surface area contributed by atoms with Crippen molar-refractivity contribution < 1.29 is 19.4 Å². The minimum atomic E-state index is -1.12. The summed E-state index contributed by atoms with van der Waals surface area (Å²) in [6.07, 6.45) is 0.520. The number of aromatic nitrogens is 1. The van der Waals surface area contributed by atoms with Gasteiger partial charge >= 0.3 is 5.97 Å². The molecule has 1 atom stereocenters. The Morgan fingerprint density at radius 3 is 2.70 bits per heavy atom. The molecule has 1 heterocycles. The predicted octanol–water partition coefficient (Wildman–Crippen LogP) is 1.45. The van der Waals surface area contributed by atoms with Gasteiger partial charge in [0.25, 0.3) is 5.91 Å². The number of pyridine rings is 1. The fourth-order valence-electron chi connectivity index (χ4n) is 1.88. The van der Waals surface area contributed by atoms with Gasteiger partial charge in [0.1, 0.15) is 5.56 Å². The van der Waals surface area contributed by atoms with Gasteiger partial charge in [-0.2, -0.15) is 0 Å². The molecule has 6 heteroatoms. The molecule has 0 aliphatic heterocycles. The molecule has 2 rings (SSSR count). The van der Waals surface area contributed by atoms with E-state index in [0.29, 0.717) is 10.9 Å². The largest absolute Gasteiger partial charge is 0.478 e. The zero-order valence-corrected chi connectivity index (χ0v) is 11.1. The van der Waals surface area contributed by atoms with E-state index in [9.17, 15) is 14.7 Å². The van der Waals surface area contributed by atoms with E-state index in [4.69, 9.17) is 4.74 Å². The maximum atomic E-state index is 11.5. The van der Waals surface area contributed by atoms with Crippen LogP contribution in [0.15, 0.2) is 30.5 Å². The number of amides is 1. The van der Waals surface area contributed by atoms with E-state index in [1.54, 1.807) is 31.2 Å². The molecule has 0 aliphatic carbocycles. The van der Waals surface area contributed by atoms with Crippen LogP contribution in [0.4, 0.5) is 0 Å². The van der Waals surface area contributed by atoms with Crippen LogP contribution in [-0.4, -0.2) is 35.1 Å². The minimum Gasteiger partial charge on any atom is -0.478 e. The van der Waals surface area contributed by atoms with Crippen LogP contribution in [0, 0.1) is 0 Å². The highest BCUT2D eigenvalue weighted by Gasteiger charge is 2.20. The van der Waals surface area contributed by atoms with Crippen molar-refractivity contribution in [2.24, 2.45) is 0 Å². The molecule has 6 nitrogen and oxygen atoms in total. The number of carboxylic acids is 1. The van der Waals surface area contributed by atoms with Crippen LogP contribution in [0.25, 0.3) is 10.9 Å². The molecule has 0 radical (unpaired) electrons. The third-order valence-corrected chi connectivity index (χ3v) is 2.87. The fraction of sp³-hybridized carbons (Fsp3) is 0.214. The second-order valence-electron chi connectivity index (χ2n) is 4.19. The Bertz CT molecular complexity index is 669. The molecule has 2 aromatic rings. The Morgan fingerprint density at radius 2 is 2.05 bits per heavy atom. The summed E-state index contributed by atoms with van der Waals surface area (Å²) < 4.78 is 5.41. The molecule has 104 valence electrons. The van der Waals surface area contributed by atoms with Crippen molar-refractivity contribution in [2.75, 3.05) is 7.05 Å². The van der Waals surface area contributed by atoms with Gasteiger partial charge in [0, 0.05) is 12.4 Å². The molecule has 1 aromatic heterocycles. The second-order valence-corrected chi connectivity index (χ2v) is 4.19. The highest BCUT2D eigenvalue weighted by molar-refractivity contribution is 6.05. The highest BCUT2D eigenvalue weighted by atomic mass is 16.5. The Hall–Kier alpha value is -2.63. The lowest BCUT2D eigenvalue weighted by atomic mass is 10.1. The lowest BCUT2D eigenvalue weighted by Crippen LogP contribution is -2.34. The van der Waals surface area contributed by atoms with E-state index in [1.807, 2.05) is 0 Å². The van der Waals surface area contributed by atoms with Crippen LogP contribution in [0.1, 0.15) is 17.3 Å². The molecule has 0 saturated heterocycles. The molecule has 0 bridgehead atoms. The average molecular weight is 274 g/mol. The standard InChI is InChI=1S/C14H14N2O4/c1-8(13(17)15-2)20-11-7-16-10-6-4-3-5-9(10)12(11)14(18)19/h3-8H,1-2H3,(H,15,17)(H,18,19). The SMILES string of the molecule is CNC(=O)C(C)Oc1cnc2ccccc2c1C(=O)O. The predicted molar refractivity (Wildman–Crippen MR) is 72.9 cm³/mol. The molecular formula is C14H14N2O4. The summed E-state index contributed by atoms with van der Waals surface area (Å²) in [6.45, 7) is 1.54. The summed E-state index contributed by atoms with van der Waals surface area (Å²) in [4.78, 5) is 27.0. The van der Waals surface area contributed by atoms with Crippen molar-refractivity contribution >= 4 is 22.8 Å². The maximum absolute atomic E-state index is 11.5. The molecule has 0 aliphatic rings. The molecular weight excluding hydrogens is 260 g/mol. The molecule has 1 amide bonds. The number of para-hydroxylation sites is 1. The molecule has 2 N–H and O–H groups in total. The van der Waals surface area contributed by atoms with Gasteiger partial charge in [-0.3, -0.25) is 9.78 Å². The zero-order valence-electron chi connectivity index (χ0n) is 11.1. The first kappa shape index (κ1) is 13.8. The van der Waals surface area contributed by atoms with E-state index < -0.39 is 12.1 Å². The van der Waals surface area contributed by atoms with Crippen molar-refractivity contribution in [1.82, 2.24) is 10.3 Å². The van der Waals surface area contributed by atoms with Gasteiger partial charge < -0.3 is 15.2 Å². The number of carbonyl (C=O) groups excluding carboxylic acids is 1. The zero-order chi connectivity index (χ0) is 14.7. The normalized spacial score (nSPS) is 11.9. The number of aromatic carboxylic acids is 1. The van der Waals surface area contributed by atoms with Gasteiger partial charge in [0.15, 0.2) is 11.9 Å². The summed E-state index contributed by atoms with van der Waals surface area (Å²) >= 11 is 0. The number of hydrogen-bond donors (Lipinski definition) is 2. The van der Waals surface area contributed by atoms with Crippen molar-refractivity contribution in [1.29, 1.82) is 0 Å². The molecule has 0 spiro atoms. The fourth-order valence-corrected chi connectivity index (χ4v) is 1.88. The van der Waals surface area contributed by atoms with Crippen LogP contribution in [-0.2, 0) is 4.79 Å². The number of nitrogens with one attached hydrogen (secondary N) is 1. The van der Waals surface area contributed by atoms with Gasteiger partial charge in [-0.05, 0) is 13.0 Å². The van der Waals surface area contributed by atoms with E-state index in [0.717, 1.165) is 0 Å². The summed E-state index contributed by atoms with van der Waals surface area (Å²) in [5.41, 5.74) is 0.566. The molecule has 0 fully saturated rings. The van der Waals surface area contributed by atoms with Crippen LogP contribution in [0.3, 0.4) is 0 Å². The number of benzene rings is 1. The highest BCUT2D eigenvalue weighted by Crippen LogP contribution is 2.26. The minimum absolute atomic E-state index is 0.00588. The number of fused-ring (bicyclic) bond motifs is 1. The summed E-state index contributed by atoms with van der Waals surface area (Å²) in [5.74, 6) is -1.38. The van der Waals surface area contributed by atoms with Gasteiger partial charge in [0.05, 0.1) is 11.7 Å². The second kappa shape index (κ2) is 5.56. The van der Waals surface area contributed by atoms with Crippen molar-refractivity contribution in [3.63, 3.8) is 0 Å². The third-order valence-electron chi connectivity index (χ3n) is 2.87. The quantitative estimate of drug-likeness (QED) is 0.880. The van der Waals surface area contributed by atoms with Crippen molar-refractivity contribution in [3.8, 4) is 5.75 Å². The Kier molecular flexibility index (Phi) is 3.84. The van der Waals surface area contributed by atoms with Crippen LogP contribution >= 0.6 is 0 Å². The topological polar surface area (TPSA) is 88.5 Å². The van der Waals surface area contributed by atoms with Crippen molar-refractivity contribution in [3.05, 3.63) is 36.0 Å². The maximum Gasteiger partial charge on any atom is 0.340 e. The molecule has 20 heavy (non-hydrogen) atoms. The van der Waals surface area contributed by atoms with Crippen LogP contribution in [0.2, 0.25) is 0 Å². The Balaban J connectivity index is 2.50. The van der Waals surface area contributed by atoms with E-state index in [-0.39, 0.29) is 17.2 Å². The van der Waals surface area contributed by atoms with E-state index in [2.05, 4.69) is 10.3 Å². The first-order valence-corrected chi connectivity index (χ1v) is 6.04. The van der Waals surface area contributed by atoms with E-state index in [1.165, 1.54) is 13.2 Å². The lowest BCUT2D eigenvalue weighted by molar-refractivity contribution is -0.126. The Morgan fingerprint density at radius 1 is 1.35 bits per heavy atom. The number of nitrogens with zero attached hydrogens (tertiary/aromatic N) is 1. The number of carbonyl (C=O) groups is 2. The van der Waals surface area contributed by atoms with Crippen LogP contribution < -0.4 is 10.1 Å². The molecule has 1 aromatic carbocycles. The van der Waals surface area contributed by atoms with E-state index >= 15 is 0 Å². The average Bonchev–Trinajstić information content (AvgIpc) is 2.45. The van der Waals surface area contributed by atoms with Gasteiger partial charge in [0.2, 0.25) is 0 Å². The number of carboxylic acid groups (broad SMARTS) is 1. The lowest BCUT2D eigenvalue weighted by Gasteiger charge is -2.15. The van der Waals surface area contributed by atoms with Gasteiger partial charge in [-0.1, -0.05) is 18.2 Å². The number of ether oxygens (including phenoxy) is 1. The monoisotopic (exact) mass is 274 g/mol. The Labute approximate surface area is 115 Å².